The molecule has 1 atom stereocenters. The Kier molecular flexibility index (Phi) is 4.53. The van der Waals surface area contributed by atoms with Gasteiger partial charge in [0, 0.05) is 12.2 Å². The number of nitrogen functional groups attached to an aromatic ring is 1. The Morgan fingerprint density at radius 3 is 2.81 bits per heavy atom. The Balaban J connectivity index is 2.36. The Hall–Kier alpha value is -1.60. The summed E-state index contributed by atoms with van der Waals surface area (Å²) in [4.78, 5) is 12.1. The highest BCUT2D eigenvalue weighted by Crippen LogP contribution is 2.29. The van der Waals surface area contributed by atoms with Crippen molar-refractivity contribution in [3.8, 4) is 0 Å². The van der Waals surface area contributed by atoms with Crippen molar-refractivity contribution >= 4 is 21.7 Å². The second-order valence-corrected chi connectivity index (χ2v) is 6.91. The zero-order valence-electron chi connectivity index (χ0n) is 12.2. The van der Waals surface area contributed by atoms with E-state index >= 15 is 0 Å². The summed E-state index contributed by atoms with van der Waals surface area (Å²) in [5, 5.41) is 0. The van der Waals surface area contributed by atoms with Gasteiger partial charge in [0.25, 0.3) is 0 Å². The maximum absolute atomic E-state index is 12.8. The number of hydrogen-bond donors (Lipinski definition) is 1. The summed E-state index contributed by atoms with van der Waals surface area (Å²) < 4.78 is 31.7. The fraction of sp³-hybridized carbons (Fsp3) is 0.500. The molecule has 1 saturated heterocycles. The number of ether oxygens (including phenoxy) is 1. The lowest BCUT2D eigenvalue weighted by Gasteiger charge is -2.23. The molecule has 0 saturated carbocycles. The number of nitrogens with zero attached hydrogens (tertiary/aromatic N) is 1. The largest absolute Gasteiger partial charge is 0.465 e. The molecule has 0 aliphatic carbocycles. The molecule has 1 aliphatic heterocycles. The molecule has 0 aromatic heterocycles. The molecule has 1 aliphatic rings. The van der Waals surface area contributed by atoms with Gasteiger partial charge in [-0.15, -0.1) is 0 Å². The van der Waals surface area contributed by atoms with Crippen LogP contribution in [-0.2, 0) is 19.6 Å². The maximum atomic E-state index is 12.8. The smallest absolute Gasteiger partial charge is 0.324 e. The number of hydrogen-bond acceptors (Lipinski definition) is 5. The number of rotatable bonds is 4. The molecule has 1 heterocycles. The van der Waals surface area contributed by atoms with Crippen LogP contribution in [0.5, 0.6) is 0 Å². The van der Waals surface area contributed by atoms with Crippen LogP contribution >= 0.6 is 0 Å². The summed E-state index contributed by atoms with van der Waals surface area (Å²) in [5.41, 5.74) is 6.74. The summed E-state index contributed by atoms with van der Waals surface area (Å²) in [6.07, 6.45) is 1.14. The van der Waals surface area contributed by atoms with E-state index in [1.54, 1.807) is 26.0 Å². The zero-order valence-corrected chi connectivity index (χ0v) is 13.0. The number of aryl methyl sites for hydroxylation is 1. The minimum Gasteiger partial charge on any atom is -0.465 e. The van der Waals surface area contributed by atoms with Gasteiger partial charge in [-0.2, -0.15) is 4.31 Å². The molecule has 1 fully saturated rings. The van der Waals surface area contributed by atoms with E-state index in [1.807, 2.05) is 0 Å². The maximum Gasteiger partial charge on any atom is 0.324 e. The van der Waals surface area contributed by atoms with Crippen molar-refractivity contribution in [3.63, 3.8) is 0 Å². The van der Waals surface area contributed by atoms with Crippen LogP contribution < -0.4 is 5.73 Å². The number of nitrogens with two attached hydrogens (primary N) is 1. The lowest BCUT2D eigenvalue weighted by atomic mass is 10.2. The van der Waals surface area contributed by atoms with E-state index in [1.165, 1.54) is 10.4 Å². The minimum absolute atomic E-state index is 0.188. The number of anilines is 1. The molecule has 0 amide bonds. The first-order chi connectivity index (χ1) is 9.87. The van der Waals surface area contributed by atoms with Gasteiger partial charge in [0.15, 0.2) is 0 Å². The third kappa shape index (κ3) is 3.03. The van der Waals surface area contributed by atoms with Crippen LogP contribution in [0.3, 0.4) is 0 Å². The van der Waals surface area contributed by atoms with Gasteiger partial charge in [0.1, 0.15) is 6.04 Å². The summed E-state index contributed by atoms with van der Waals surface area (Å²) in [6, 6.07) is 3.92. The zero-order chi connectivity index (χ0) is 15.6. The van der Waals surface area contributed by atoms with E-state index in [-0.39, 0.29) is 11.5 Å². The monoisotopic (exact) mass is 312 g/mol. The quantitative estimate of drug-likeness (QED) is 0.668. The number of benzene rings is 1. The van der Waals surface area contributed by atoms with E-state index < -0.39 is 22.0 Å². The molecule has 2 rings (SSSR count). The van der Waals surface area contributed by atoms with Crippen molar-refractivity contribution < 1.29 is 17.9 Å². The van der Waals surface area contributed by atoms with Crippen LogP contribution in [0.1, 0.15) is 25.3 Å². The van der Waals surface area contributed by atoms with Crippen LogP contribution in [0.25, 0.3) is 0 Å². The van der Waals surface area contributed by atoms with Crippen LogP contribution in [0, 0.1) is 6.92 Å². The summed E-state index contributed by atoms with van der Waals surface area (Å²) in [7, 11) is -3.72. The number of carbonyl (C=O) groups is 1. The molecular formula is C14H20N2O4S. The Bertz CT molecular complexity index is 642. The van der Waals surface area contributed by atoms with Gasteiger partial charge >= 0.3 is 5.97 Å². The number of sulfonamides is 1. The highest BCUT2D eigenvalue weighted by atomic mass is 32.2. The first kappa shape index (κ1) is 15.8. The predicted octanol–water partition coefficient (Wildman–Crippen LogP) is 1.29. The molecule has 1 unspecified atom stereocenters. The lowest BCUT2D eigenvalue weighted by Crippen LogP contribution is -2.41. The highest BCUT2D eigenvalue weighted by molar-refractivity contribution is 7.89. The Morgan fingerprint density at radius 1 is 1.48 bits per heavy atom. The molecule has 116 valence electrons. The van der Waals surface area contributed by atoms with Crippen molar-refractivity contribution in [3.05, 3.63) is 23.8 Å². The van der Waals surface area contributed by atoms with Crippen molar-refractivity contribution in [2.24, 2.45) is 0 Å². The Morgan fingerprint density at radius 2 is 2.19 bits per heavy atom. The van der Waals surface area contributed by atoms with E-state index in [0.29, 0.717) is 30.6 Å². The predicted molar refractivity (Wildman–Crippen MR) is 79.1 cm³/mol. The molecule has 0 bridgehead atoms. The highest BCUT2D eigenvalue weighted by Gasteiger charge is 2.40. The molecule has 0 spiro atoms. The standard InChI is InChI=1S/C14H20N2O4S/c1-3-20-14(17)12-5-4-8-16(12)21(18,19)13-7-6-11(15)9-10(13)2/h6-7,9,12H,3-5,8,15H2,1-2H3. The molecule has 2 N–H and O–H groups in total. The second kappa shape index (κ2) is 6.03. The first-order valence-electron chi connectivity index (χ1n) is 6.92. The van der Waals surface area contributed by atoms with E-state index in [0.717, 1.165) is 0 Å². The van der Waals surface area contributed by atoms with Gasteiger partial charge in [-0.25, -0.2) is 8.42 Å². The average molecular weight is 312 g/mol. The van der Waals surface area contributed by atoms with Crippen molar-refractivity contribution in [1.29, 1.82) is 0 Å². The third-order valence-corrected chi connectivity index (χ3v) is 5.62. The first-order valence-corrected chi connectivity index (χ1v) is 8.36. The van der Waals surface area contributed by atoms with Crippen LogP contribution in [0.2, 0.25) is 0 Å². The number of carbonyl (C=O) groups excluding carboxylic acids is 1. The van der Waals surface area contributed by atoms with Crippen LogP contribution in [-0.4, -0.2) is 37.9 Å². The Labute approximate surface area is 124 Å². The van der Waals surface area contributed by atoms with Gasteiger partial charge in [-0.05, 0) is 50.5 Å². The molecule has 6 nitrogen and oxygen atoms in total. The van der Waals surface area contributed by atoms with Gasteiger partial charge in [-0.1, -0.05) is 0 Å². The van der Waals surface area contributed by atoms with Crippen molar-refractivity contribution in [2.45, 2.75) is 37.6 Å². The van der Waals surface area contributed by atoms with E-state index in [9.17, 15) is 13.2 Å². The molecule has 1 aromatic rings. The molecule has 0 radical (unpaired) electrons. The van der Waals surface area contributed by atoms with Crippen LogP contribution in [0.4, 0.5) is 5.69 Å². The van der Waals surface area contributed by atoms with Gasteiger partial charge < -0.3 is 10.5 Å². The molecule has 7 heteroatoms. The average Bonchev–Trinajstić information content (AvgIpc) is 2.88. The minimum atomic E-state index is -3.72. The second-order valence-electron chi connectivity index (χ2n) is 5.05. The van der Waals surface area contributed by atoms with Crippen molar-refractivity contribution in [1.82, 2.24) is 4.31 Å². The van der Waals surface area contributed by atoms with Crippen molar-refractivity contribution in [2.75, 3.05) is 18.9 Å². The van der Waals surface area contributed by atoms with E-state index in [4.69, 9.17) is 10.5 Å². The number of esters is 1. The third-order valence-electron chi connectivity index (χ3n) is 3.55. The molecule has 21 heavy (non-hydrogen) atoms. The van der Waals surface area contributed by atoms with Gasteiger partial charge in [-0.3, -0.25) is 4.79 Å². The van der Waals surface area contributed by atoms with E-state index in [2.05, 4.69) is 0 Å². The summed E-state index contributed by atoms with van der Waals surface area (Å²) in [6.45, 7) is 3.97. The van der Waals surface area contributed by atoms with Crippen LogP contribution in [0.15, 0.2) is 23.1 Å². The molecular weight excluding hydrogens is 292 g/mol. The van der Waals surface area contributed by atoms with Gasteiger partial charge in [0.2, 0.25) is 10.0 Å². The normalized spacial score (nSPS) is 19.6. The fourth-order valence-electron chi connectivity index (χ4n) is 2.59. The topological polar surface area (TPSA) is 89.7 Å². The lowest BCUT2D eigenvalue weighted by molar-refractivity contribution is -0.146. The summed E-state index contributed by atoms with van der Waals surface area (Å²) >= 11 is 0. The van der Waals surface area contributed by atoms with Gasteiger partial charge in [0.05, 0.1) is 11.5 Å². The SMILES string of the molecule is CCOC(=O)C1CCCN1S(=O)(=O)c1ccc(N)cc1C. The summed E-state index contributed by atoms with van der Waals surface area (Å²) in [5.74, 6) is -0.480. The fourth-order valence-corrected chi connectivity index (χ4v) is 4.44. The molecule has 1 aromatic carbocycles.